The number of hydrogen-bond acceptors (Lipinski definition) is 2. The van der Waals surface area contributed by atoms with Crippen LogP contribution in [0.2, 0.25) is 0 Å². The summed E-state index contributed by atoms with van der Waals surface area (Å²) in [5.74, 6) is 0.353. The first-order valence-corrected chi connectivity index (χ1v) is 7.96. The van der Waals surface area contributed by atoms with Crippen molar-refractivity contribution in [2.24, 2.45) is 5.41 Å². The maximum absolute atomic E-state index is 12.7. The predicted octanol–water partition coefficient (Wildman–Crippen LogP) is 2.42. The van der Waals surface area contributed by atoms with Crippen LogP contribution in [0.1, 0.15) is 59.8 Å². The Labute approximate surface area is 122 Å². The molecule has 0 aromatic carbocycles. The molecule has 0 N–H and O–H groups in total. The van der Waals surface area contributed by atoms with Crippen LogP contribution in [0.3, 0.4) is 0 Å². The molecule has 0 aromatic rings. The van der Waals surface area contributed by atoms with Gasteiger partial charge in [0.05, 0.1) is 0 Å². The summed E-state index contributed by atoms with van der Waals surface area (Å²) < 4.78 is 0. The fourth-order valence-electron chi connectivity index (χ4n) is 3.24. The van der Waals surface area contributed by atoms with Crippen molar-refractivity contribution >= 4 is 11.8 Å². The van der Waals surface area contributed by atoms with Gasteiger partial charge in [-0.3, -0.25) is 9.59 Å². The van der Waals surface area contributed by atoms with Gasteiger partial charge in [-0.25, -0.2) is 0 Å². The molecule has 4 heteroatoms. The molecule has 0 saturated carbocycles. The van der Waals surface area contributed by atoms with Gasteiger partial charge in [0.2, 0.25) is 11.8 Å². The smallest absolute Gasteiger partial charge is 0.246 e. The number of nitrogens with zero attached hydrogens (tertiary/aromatic N) is 2. The van der Waals surface area contributed by atoms with Gasteiger partial charge < -0.3 is 9.80 Å². The van der Waals surface area contributed by atoms with Crippen molar-refractivity contribution in [3.05, 3.63) is 0 Å². The van der Waals surface area contributed by atoms with Crippen LogP contribution in [0, 0.1) is 5.41 Å². The van der Waals surface area contributed by atoms with Gasteiger partial charge in [0.25, 0.3) is 0 Å². The average molecular weight is 280 g/mol. The van der Waals surface area contributed by atoms with Crippen LogP contribution < -0.4 is 0 Å². The van der Waals surface area contributed by atoms with E-state index in [1.54, 1.807) is 0 Å². The summed E-state index contributed by atoms with van der Waals surface area (Å²) in [6.07, 6.45) is 4.60. The molecule has 0 aliphatic carbocycles. The molecule has 2 heterocycles. The van der Waals surface area contributed by atoms with Crippen LogP contribution in [-0.4, -0.2) is 46.8 Å². The highest BCUT2D eigenvalue weighted by Gasteiger charge is 2.45. The number of piperidine rings is 1. The Morgan fingerprint density at radius 1 is 1.15 bits per heavy atom. The summed E-state index contributed by atoms with van der Waals surface area (Å²) in [5, 5.41) is 0. The second kappa shape index (κ2) is 5.74. The van der Waals surface area contributed by atoms with Crippen LogP contribution in [0.5, 0.6) is 0 Å². The summed E-state index contributed by atoms with van der Waals surface area (Å²) in [4.78, 5) is 29.0. The minimum atomic E-state index is -0.237. The van der Waals surface area contributed by atoms with Crippen molar-refractivity contribution in [2.45, 2.75) is 71.9 Å². The molecule has 2 unspecified atom stereocenters. The van der Waals surface area contributed by atoms with Gasteiger partial charge in [-0.15, -0.1) is 0 Å². The minimum absolute atomic E-state index is 0.172. The molecule has 2 amide bonds. The van der Waals surface area contributed by atoms with E-state index in [9.17, 15) is 9.59 Å². The van der Waals surface area contributed by atoms with Gasteiger partial charge in [0.1, 0.15) is 12.1 Å². The Balaban J connectivity index is 2.16. The van der Waals surface area contributed by atoms with E-state index in [4.69, 9.17) is 0 Å². The first-order valence-electron chi connectivity index (χ1n) is 7.96. The quantitative estimate of drug-likeness (QED) is 0.796. The van der Waals surface area contributed by atoms with Gasteiger partial charge in [-0.1, -0.05) is 27.7 Å². The topological polar surface area (TPSA) is 40.6 Å². The highest BCUT2D eigenvalue weighted by Crippen LogP contribution is 2.29. The maximum atomic E-state index is 12.7. The highest BCUT2D eigenvalue weighted by molar-refractivity contribution is 5.97. The first-order chi connectivity index (χ1) is 9.35. The van der Waals surface area contributed by atoms with Gasteiger partial charge >= 0.3 is 0 Å². The van der Waals surface area contributed by atoms with Crippen molar-refractivity contribution < 1.29 is 9.59 Å². The molecule has 0 spiro atoms. The number of rotatable bonds is 3. The second-order valence-corrected chi connectivity index (χ2v) is 7.31. The third-order valence-corrected chi connectivity index (χ3v) is 4.50. The second-order valence-electron chi connectivity index (χ2n) is 7.31. The summed E-state index contributed by atoms with van der Waals surface area (Å²) in [6.45, 7) is 10.0. The first kappa shape index (κ1) is 15.3. The van der Waals surface area contributed by atoms with E-state index in [0.717, 1.165) is 38.6 Å². The Morgan fingerprint density at radius 2 is 1.85 bits per heavy atom. The van der Waals surface area contributed by atoms with E-state index in [1.807, 2.05) is 16.7 Å². The lowest BCUT2D eigenvalue weighted by Gasteiger charge is -2.47. The zero-order valence-electron chi connectivity index (χ0n) is 13.3. The van der Waals surface area contributed by atoms with Crippen molar-refractivity contribution in [1.82, 2.24) is 9.80 Å². The Bertz CT molecular complexity index is 386. The summed E-state index contributed by atoms with van der Waals surface area (Å²) in [5.41, 5.74) is 0.186. The molecule has 2 rings (SSSR count). The van der Waals surface area contributed by atoms with E-state index >= 15 is 0 Å². The number of amides is 2. The van der Waals surface area contributed by atoms with Crippen LogP contribution in [0.25, 0.3) is 0 Å². The lowest BCUT2D eigenvalue weighted by atomic mass is 9.90. The zero-order chi connectivity index (χ0) is 14.9. The van der Waals surface area contributed by atoms with E-state index in [0.29, 0.717) is 6.54 Å². The predicted molar refractivity (Wildman–Crippen MR) is 79.2 cm³/mol. The minimum Gasteiger partial charge on any atom is -0.329 e. The molecule has 0 radical (unpaired) electrons. The number of hydrogen-bond donors (Lipinski definition) is 0. The summed E-state index contributed by atoms with van der Waals surface area (Å²) in [7, 11) is 0. The Kier molecular flexibility index (Phi) is 4.40. The fraction of sp³-hybridized carbons (Fsp3) is 0.875. The average Bonchev–Trinajstić information content (AvgIpc) is 2.40. The normalized spacial score (nSPS) is 27.8. The molecule has 2 aliphatic rings. The van der Waals surface area contributed by atoms with Crippen LogP contribution >= 0.6 is 0 Å². The number of carbonyl (C=O) groups excluding carboxylic acids is 2. The molecular formula is C16H28N2O2. The standard InChI is InChI=1S/C16H28N2O2/c1-5-12-14(19)17-10-7-6-8-13(17)15(20)18(12)11-9-16(2,3)4/h12-13H,5-11H2,1-4H3. The largest absolute Gasteiger partial charge is 0.329 e. The van der Waals surface area contributed by atoms with Crippen LogP contribution in [0.15, 0.2) is 0 Å². The van der Waals surface area contributed by atoms with E-state index in [2.05, 4.69) is 20.8 Å². The summed E-state index contributed by atoms with van der Waals surface area (Å²) >= 11 is 0. The van der Waals surface area contributed by atoms with E-state index in [-0.39, 0.29) is 29.3 Å². The Morgan fingerprint density at radius 3 is 2.45 bits per heavy atom. The molecule has 20 heavy (non-hydrogen) atoms. The van der Waals surface area contributed by atoms with Crippen molar-refractivity contribution in [2.75, 3.05) is 13.1 Å². The summed E-state index contributed by atoms with van der Waals surface area (Å²) in [6, 6.07) is -0.418. The Hall–Kier alpha value is -1.06. The van der Waals surface area contributed by atoms with Crippen molar-refractivity contribution in [3.63, 3.8) is 0 Å². The van der Waals surface area contributed by atoms with Crippen molar-refractivity contribution in [3.8, 4) is 0 Å². The molecule has 4 nitrogen and oxygen atoms in total. The highest BCUT2D eigenvalue weighted by atomic mass is 16.2. The number of piperazine rings is 1. The van der Waals surface area contributed by atoms with Gasteiger partial charge in [0.15, 0.2) is 0 Å². The zero-order valence-corrected chi connectivity index (χ0v) is 13.3. The number of carbonyl (C=O) groups is 2. The number of fused-ring (bicyclic) bond motifs is 1. The molecule has 2 saturated heterocycles. The van der Waals surface area contributed by atoms with Crippen LogP contribution in [-0.2, 0) is 9.59 Å². The van der Waals surface area contributed by atoms with E-state index < -0.39 is 0 Å². The molecule has 0 aromatic heterocycles. The third kappa shape index (κ3) is 2.99. The van der Waals surface area contributed by atoms with E-state index in [1.165, 1.54) is 0 Å². The van der Waals surface area contributed by atoms with Crippen LogP contribution in [0.4, 0.5) is 0 Å². The molecule has 114 valence electrons. The SMILES string of the molecule is CCC1C(=O)N2CCCCC2C(=O)N1CCC(C)(C)C. The lowest BCUT2D eigenvalue weighted by molar-refractivity contribution is -0.164. The monoisotopic (exact) mass is 280 g/mol. The fourth-order valence-corrected chi connectivity index (χ4v) is 3.24. The molecule has 0 bridgehead atoms. The molecule has 2 fully saturated rings. The van der Waals surface area contributed by atoms with Crippen molar-refractivity contribution in [1.29, 1.82) is 0 Å². The van der Waals surface area contributed by atoms with Gasteiger partial charge in [-0.05, 0) is 37.5 Å². The van der Waals surface area contributed by atoms with Gasteiger partial charge in [-0.2, -0.15) is 0 Å². The maximum Gasteiger partial charge on any atom is 0.246 e. The van der Waals surface area contributed by atoms with Gasteiger partial charge in [0, 0.05) is 13.1 Å². The molecule has 2 atom stereocenters. The molecular weight excluding hydrogens is 252 g/mol. The third-order valence-electron chi connectivity index (χ3n) is 4.50. The molecule has 2 aliphatic heterocycles. The lowest BCUT2D eigenvalue weighted by Crippen LogP contribution is -2.65.